The molecule has 1 fully saturated rings. The van der Waals surface area contributed by atoms with Gasteiger partial charge in [0.25, 0.3) is 0 Å². The Bertz CT molecular complexity index is 76.5. The van der Waals surface area contributed by atoms with Crippen molar-refractivity contribution < 1.29 is 5.11 Å². The van der Waals surface area contributed by atoms with Gasteiger partial charge in [0.15, 0.2) is 0 Å². The quantitative estimate of drug-likeness (QED) is 0.397. The Hall–Kier alpha value is -0.120. The lowest BCUT2D eigenvalue weighted by atomic mass is 10.1. The van der Waals surface area contributed by atoms with Gasteiger partial charge in [-0.25, -0.2) is 5.43 Å². The molecule has 3 N–H and O–H groups in total. The summed E-state index contributed by atoms with van der Waals surface area (Å²) in [5, 5.41) is 8.99. The smallest absolute Gasteiger partial charge is 0.121 e. The van der Waals surface area contributed by atoms with Crippen molar-refractivity contribution >= 4 is 0 Å². The van der Waals surface area contributed by atoms with Crippen molar-refractivity contribution in [1.82, 2.24) is 10.9 Å². The molecule has 0 aliphatic carbocycles. The van der Waals surface area contributed by atoms with Gasteiger partial charge >= 0.3 is 0 Å². The van der Waals surface area contributed by atoms with Crippen LogP contribution in [-0.4, -0.2) is 17.4 Å². The van der Waals surface area contributed by atoms with Crippen LogP contribution in [0.2, 0.25) is 0 Å². The first-order chi connectivity index (χ1) is 3.72. The maximum atomic E-state index is 8.99. The van der Waals surface area contributed by atoms with Crippen molar-refractivity contribution in [2.24, 2.45) is 5.92 Å². The largest absolute Gasteiger partial charge is 0.377 e. The number of rotatable bonds is 0. The van der Waals surface area contributed by atoms with Crippen LogP contribution >= 0.6 is 0 Å². The van der Waals surface area contributed by atoms with Crippen molar-refractivity contribution in [2.45, 2.75) is 26.1 Å². The van der Waals surface area contributed by atoms with E-state index in [4.69, 9.17) is 5.11 Å². The van der Waals surface area contributed by atoms with Gasteiger partial charge in [0.05, 0.1) is 0 Å². The summed E-state index contributed by atoms with van der Waals surface area (Å²) in [5.74, 6) is 0.315. The van der Waals surface area contributed by atoms with Crippen LogP contribution < -0.4 is 10.9 Å². The molecular weight excluding hydrogens is 104 g/mol. The molecule has 0 aromatic carbocycles. The fraction of sp³-hybridized carbons (Fsp3) is 1.00. The minimum atomic E-state index is -0.370. The van der Waals surface area contributed by atoms with E-state index in [0.717, 1.165) is 0 Å². The van der Waals surface area contributed by atoms with Crippen LogP contribution in [0.5, 0.6) is 0 Å². The molecule has 0 amide bonds. The number of aliphatic hydroxyl groups is 1. The molecule has 1 aliphatic rings. The van der Waals surface area contributed by atoms with Gasteiger partial charge in [0, 0.05) is 12.0 Å². The standard InChI is InChI=1S/C5H12N2O/c1-3-4(2)6-7-5(3)8/h3-8H,1-2H3. The zero-order chi connectivity index (χ0) is 6.15. The summed E-state index contributed by atoms with van der Waals surface area (Å²) in [6.45, 7) is 4.04. The van der Waals surface area contributed by atoms with E-state index in [9.17, 15) is 0 Å². The van der Waals surface area contributed by atoms with Crippen molar-refractivity contribution in [3.63, 3.8) is 0 Å². The van der Waals surface area contributed by atoms with Gasteiger partial charge in [-0.05, 0) is 6.92 Å². The van der Waals surface area contributed by atoms with E-state index in [2.05, 4.69) is 10.9 Å². The molecular formula is C5H12N2O. The average molecular weight is 116 g/mol. The van der Waals surface area contributed by atoms with Crippen LogP contribution in [0.3, 0.4) is 0 Å². The van der Waals surface area contributed by atoms with Crippen LogP contribution in [0.25, 0.3) is 0 Å². The highest BCUT2D eigenvalue weighted by molar-refractivity contribution is 4.77. The van der Waals surface area contributed by atoms with Gasteiger partial charge in [0.1, 0.15) is 6.23 Å². The van der Waals surface area contributed by atoms with Gasteiger partial charge in [-0.1, -0.05) is 6.92 Å². The van der Waals surface area contributed by atoms with E-state index in [1.54, 1.807) is 0 Å². The molecule has 0 aromatic rings. The summed E-state index contributed by atoms with van der Waals surface area (Å²) in [6.07, 6.45) is -0.370. The van der Waals surface area contributed by atoms with Crippen molar-refractivity contribution in [3.8, 4) is 0 Å². The summed E-state index contributed by atoms with van der Waals surface area (Å²) in [7, 11) is 0. The van der Waals surface area contributed by atoms with E-state index in [-0.39, 0.29) is 6.23 Å². The molecule has 1 rings (SSSR count). The van der Waals surface area contributed by atoms with Gasteiger partial charge < -0.3 is 5.11 Å². The molecule has 3 heteroatoms. The first-order valence-electron chi connectivity index (χ1n) is 2.91. The number of hydrazine groups is 1. The average Bonchev–Trinajstić information content (AvgIpc) is 1.98. The highest BCUT2D eigenvalue weighted by Crippen LogP contribution is 2.09. The lowest BCUT2D eigenvalue weighted by molar-refractivity contribution is 0.115. The monoisotopic (exact) mass is 116 g/mol. The molecule has 3 nitrogen and oxygen atoms in total. The SMILES string of the molecule is CC1NNC(O)C1C. The Morgan fingerprint density at radius 1 is 1.25 bits per heavy atom. The third-order valence-corrected chi connectivity index (χ3v) is 1.75. The maximum Gasteiger partial charge on any atom is 0.121 e. The molecule has 3 unspecified atom stereocenters. The highest BCUT2D eigenvalue weighted by Gasteiger charge is 2.26. The van der Waals surface area contributed by atoms with E-state index < -0.39 is 0 Å². The van der Waals surface area contributed by atoms with Crippen LogP contribution in [0.1, 0.15) is 13.8 Å². The molecule has 48 valence electrons. The van der Waals surface area contributed by atoms with Crippen LogP contribution in [0, 0.1) is 5.92 Å². The third-order valence-electron chi connectivity index (χ3n) is 1.75. The maximum absolute atomic E-state index is 8.99. The second-order valence-corrected chi connectivity index (χ2v) is 2.38. The topological polar surface area (TPSA) is 44.3 Å². The summed E-state index contributed by atoms with van der Waals surface area (Å²) < 4.78 is 0. The fourth-order valence-electron chi connectivity index (χ4n) is 0.753. The molecule has 3 atom stereocenters. The molecule has 0 saturated carbocycles. The summed E-state index contributed by atoms with van der Waals surface area (Å²) >= 11 is 0. The van der Waals surface area contributed by atoms with Crippen LogP contribution in [0.15, 0.2) is 0 Å². The minimum absolute atomic E-state index is 0.315. The molecule has 0 spiro atoms. The van der Waals surface area contributed by atoms with Crippen LogP contribution in [-0.2, 0) is 0 Å². The molecule has 1 aliphatic heterocycles. The molecule has 1 saturated heterocycles. The number of hydrogen-bond acceptors (Lipinski definition) is 3. The van der Waals surface area contributed by atoms with Crippen molar-refractivity contribution in [2.75, 3.05) is 0 Å². The van der Waals surface area contributed by atoms with E-state index in [1.807, 2.05) is 13.8 Å². The normalized spacial score (nSPS) is 47.6. The first-order valence-corrected chi connectivity index (χ1v) is 2.91. The molecule has 8 heavy (non-hydrogen) atoms. The lowest BCUT2D eigenvalue weighted by Gasteiger charge is -2.07. The third kappa shape index (κ3) is 0.844. The van der Waals surface area contributed by atoms with E-state index >= 15 is 0 Å². The Morgan fingerprint density at radius 2 is 1.88 bits per heavy atom. The number of nitrogens with one attached hydrogen (secondary N) is 2. The van der Waals surface area contributed by atoms with Gasteiger partial charge in [-0.2, -0.15) is 0 Å². The lowest BCUT2D eigenvalue weighted by Crippen LogP contribution is -2.31. The van der Waals surface area contributed by atoms with Crippen molar-refractivity contribution in [3.05, 3.63) is 0 Å². The predicted octanol–water partition coefficient (Wildman–Crippen LogP) is -0.563. The first kappa shape index (κ1) is 6.01. The number of aliphatic hydroxyl groups excluding tert-OH is 1. The summed E-state index contributed by atoms with van der Waals surface area (Å²) in [4.78, 5) is 0. The second-order valence-electron chi connectivity index (χ2n) is 2.38. The number of hydrogen-bond donors (Lipinski definition) is 3. The van der Waals surface area contributed by atoms with Gasteiger partial charge in [0.2, 0.25) is 0 Å². The zero-order valence-corrected chi connectivity index (χ0v) is 5.18. The van der Waals surface area contributed by atoms with Gasteiger partial charge in [-0.3, -0.25) is 5.43 Å². The molecule has 0 radical (unpaired) electrons. The Labute approximate surface area is 49.1 Å². The Balaban J connectivity index is 2.44. The second kappa shape index (κ2) is 2.01. The van der Waals surface area contributed by atoms with Crippen LogP contribution in [0.4, 0.5) is 0 Å². The minimum Gasteiger partial charge on any atom is -0.377 e. The van der Waals surface area contributed by atoms with E-state index in [0.29, 0.717) is 12.0 Å². The van der Waals surface area contributed by atoms with Crippen molar-refractivity contribution in [1.29, 1.82) is 0 Å². The summed E-state index contributed by atoms with van der Waals surface area (Å²) in [5.41, 5.74) is 5.64. The van der Waals surface area contributed by atoms with Gasteiger partial charge in [-0.15, -0.1) is 0 Å². The highest BCUT2D eigenvalue weighted by atomic mass is 16.3. The Kier molecular flexibility index (Phi) is 1.51. The predicted molar refractivity (Wildman–Crippen MR) is 30.9 cm³/mol. The zero-order valence-electron chi connectivity index (χ0n) is 5.18. The molecule has 1 heterocycles. The summed E-state index contributed by atoms with van der Waals surface area (Å²) in [6, 6.07) is 0.380. The molecule has 0 aromatic heterocycles. The Morgan fingerprint density at radius 3 is 2.00 bits per heavy atom. The molecule has 0 bridgehead atoms. The van der Waals surface area contributed by atoms with E-state index in [1.165, 1.54) is 0 Å². The fourth-order valence-corrected chi connectivity index (χ4v) is 0.753.